The molecule has 156 valence electrons. The van der Waals surface area contributed by atoms with Crippen LogP contribution in [0.1, 0.15) is 25.5 Å². The Labute approximate surface area is 175 Å². The minimum absolute atomic E-state index is 0.220. The number of esters is 1. The Morgan fingerprint density at radius 3 is 2.27 bits per heavy atom. The molecule has 0 aliphatic carbocycles. The Morgan fingerprint density at radius 2 is 1.53 bits per heavy atom. The SMILES string of the molecule is CCOc1ccc(OCC(=O)OCC(=O)N[C@@H](C)c2cccc3ccccc23)cc1. The highest BCUT2D eigenvalue weighted by Gasteiger charge is 2.14. The van der Waals surface area contributed by atoms with Gasteiger partial charge in [-0.15, -0.1) is 0 Å². The fourth-order valence-corrected chi connectivity index (χ4v) is 3.12. The van der Waals surface area contributed by atoms with E-state index in [-0.39, 0.29) is 25.2 Å². The van der Waals surface area contributed by atoms with Crippen molar-refractivity contribution in [3.8, 4) is 11.5 Å². The van der Waals surface area contributed by atoms with Gasteiger partial charge in [-0.2, -0.15) is 0 Å². The zero-order valence-electron chi connectivity index (χ0n) is 17.1. The van der Waals surface area contributed by atoms with Crippen LogP contribution in [0.5, 0.6) is 11.5 Å². The van der Waals surface area contributed by atoms with E-state index in [0.717, 1.165) is 22.1 Å². The predicted molar refractivity (Wildman–Crippen MR) is 115 cm³/mol. The minimum Gasteiger partial charge on any atom is -0.494 e. The first-order chi connectivity index (χ1) is 14.6. The molecule has 6 heteroatoms. The number of carbonyl (C=O) groups is 2. The van der Waals surface area contributed by atoms with Crippen molar-refractivity contribution in [2.75, 3.05) is 19.8 Å². The Hall–Kier alpha value is -3.54. The van der Waals surface area contributed by atoms with Crippen LogP contribution in [0.3, 0.4) is 0 Å². The first-order valence-corrected chi connectivity index (χ1v) is 9.85. The fourth-order valence-electron chi connectivity index (χ4n) is 3.12. The van der Waals surface area contributed by atoms with E-state index >= 15 is 0 Å². The quantitative estimate of drug-likeness (QED) is 0.542. The summed E-state index contributed by atoms with van der Waals surface area (Å²) < 4.78 is 15.7. The second kappa shape index (κ2) is 10.3. The molecule has 0 heterocycles. The van der Waals surface area contributed by atoms with Crippen molar-refractivity contribution in [1.82, 2.24) is 5.32 Å². The molecule has 3 rings (SSSR count). The van der Waals surface area contributed by atoms with Gasteiger partial charge in [0.15, 0.2) is 13.2 Å². The third-order valence-electron chi connectivity index (χ3n) is 4.52. The Morgan fingerprint density at radius 1 is 0.867 bits per heavy atom. The van der Waals surface area contributed by atoms with Crippen LogP contribution in [-0.2, 0) is 14.3 Å². The number of hydrogen-bond acceptors (Lipinski definition) is 5. The van der Waals surface area contributed by atoms with E-state index in [9.17, 15) is 9.59 Å². The van der Waals surface area contributed by atoms with Gasteiger partial charge in [0.1, 0.15) is 11.5 Å². The molecule has 3 aromatic rings. The van der Waals surface area contributed by atoms with Crippen LogP contribution in [0.15, 0.2) is 66.7 Å². The molecule has 1 amide bonds. The van der Waals surface area contributed by atoms with Gasteiger partial charge in [0.25, 0.3) is 5.91 Å². The predicted octanol–water partition coefficient (Wildman–Crippen LogP) is 4.04. The normalized spacial score (nSPS) is 11.5. The average molecular weight is 407 g/mol. The topological polar surface area (TPSA) is 73.9 Å². The van der Waals surface area contributed by atoms with E-state index in [1.807, 2.05) is 56.3 Å². The van der Waals surface area contributed by atoms with Crippen LogP contribution in [0, 0.1) is 0 Å². The number of amides is 1. The zero-order valence-corrected chi connectivity index (χ0v) is 17.1. The summed E-state index contributed by atoms with van der Waals surface area (Å²) in [4.78, 5) is 24.1. The molecule has 0 saturated carbocycles. The summed E-state index contributed by atoms with van der Waals surface area (Å²) in [5, 5.41) is 5.05. The molecule has 0 radical (unpaired) electrons. The van der Waals surface area contributed by atoms with Crippen LogP contribution >= 0.6 is 0 Å². The molecule has 0 bridgehead atoms. The summed E-state index contributed by atoms with van der Waals surface area (Å²) in [5.41, 5.74) is 1.01. The van der Waals surface area contributed by atoms with E-state index in [1.54, 1.807) is 24.3 Å². The highest BCUT2D eigenvalue weighted by atomic mass is 16.6. The molecule has 1 atom stereocenters. The lowest BCUT2D eigenvalue weighted by Crippen LogP contribution is -2.32. The number of fused-ring (bicyclic) bond motifs is 1. The van der Waals surface area contributed by atoms with Crippen LogP contribution < -0.4 is 14.8 Å². The molecule has 3 aromatic carbocycles. The van der Waals surface area contributed by atoms with E-state index in [1.165, 1.54) is 0 Å². The molecule has 0 aromatic heterocycles. The van der Waals surface area contributed by atoms with Crippen LogP contribution in [0.4, 0.5) is 0 Å². The molecule has 0 spiro atoms. The summed E-state index contributed by atoms with van der Waals surface area (Å²) >= 11 is 0. The standard InChI is InChI=1S/C24H25NO5/c1-3-28-19-11-13-20(14-12-19)29-16-24(27)30-15-23(26)25-17(2)21-10-6-8-18-7-4-5-9-22(18)21/h4-14,17H,3,15-16H2,1-2H3,(H,25,26)/t17-/m0/s1. The number of carbonyl (C=O) groups excluding carboxylic acids is 2. The number of ether oxygens (including phenoxy) is 3. The van der Waals surface area contributed by atoms with E-state index < -0.39 is 5.97 Å². The number of hydrogen-bond donors (Lipinski definition) is 1. The van der Waals surface area contributed by atoms with Crippen molar-refractivity contribution in [3.63, 3.8) is 0 Å². The van der Waals surface area contributed by atoms with Gasteiger partial charge in [0.05, 0.1) is 12.6 Å². The monoisotopic (exact) mass is 407 g/mol. The first kappa shape index (κ1) is 21.2. The number of benzene rings is 3. The van der Waals surface area contributed by atoms with Crippen molar-refractivity contribution in [2.45, 2.75) is 19.9 Å². The fraction of sp³-hybridized carbons (Fsp3) is 0.250. The third kappa shape index (κ3) is 5.73. The molecule has 0 aliphatic rings. The number of nitrogens with one attached hydrogen (secondary N) is 1. The summed E-state index contributed by atoms with van der Waals surface area (Å²) in [7, 11) is 0. The van der Waals surface area contributed by atoms with Gasteiger partial charge in [0, 0.05) is 0 Å². The van der Waals surface area contributed by atoms with Crippen molar-refractivity contribution in [3.05, 3.63) is 72.3 Å². The Balaban J connectivity index is 1.45. The smallest absolute Gasteiger partial charge is 0.344 e. The van der Waals surface area contributed by atoms with E-state index in [0.29, 0.717) is 12.4 Å². The molecule has 0 fully saturated rings. The average Bonchev–Trinajstić information content (AvgIpc) is 2.77. The van der Waals surface area contributed by atoms with Gasteiger partial charge in [-0.25, -0.2) is 4.79 Å². The maximum Gasteiger partial charge on any atom is 0.344 e. The van der Waals surface area contributed by atoms with Crippen LogP contribution in [0.25, 0.3) is 10.8 Å². The molecular formula is C24H25NO5. The number of rotatable bonds is 9. The van der Waals surface area contributed by atoms with Gasteiger partial charge in [0.2, 0.25) is 0 Å². The first-order valence-electron chi connectivity index (χ1n) is 9.85. The highest BCUT2D eigenvalue weighted by molar-refractivity contribution is 5.87. The van der Waals surface area contributed by atoms with Crippen molar-refractivity contribution in [2.24, 2.45) is 0 Å². The zero-order chi connectivity index (χ0) is 21.3. The maximum atomic E-state index is 12.2. The Bertz CT molecular complexity index is 995. The van der Waals surface area contributed by atoms with E-state index in [4.69, 9.17) is 14.2 Å². The molecule has 30 heavy (non-hydrogen) atoms. The molecule has 1 N–H and O–H groups in total. The molecule has 0 unspecified atom stereocenters. The van der Waals surface area contributed by atoms with Crippen LogP contribution in [-0.4, -0.2) is 31.7 Å². The van der Waals surface area contributed by atoms with Gasteiger partial charge < -0.3 is 19.5 Å². The molecule has 0 aliphatic heterocycles. The van der Waals surface area contributed by atoms with Gasteiger partial charge in [-0.3, -0.25) is 4.79 Å². The Kier molecular flexibility index (Phi) is 7.27. The van der Waals surface area contributed by atoms with Gasteiger partial charge in [-0.05, 0) is 54.4 Å². The van der Waals surface area contributed by atoms with Crippen molar-refractivity contribution < 1.29 is 23.8 Å². The summed E-state index contributed by atoms with van der Waals surface area (Å²) in [6.07, 6.45) is 0. The maximum absolute atomic E-state index is 12.2. The van der Waals surface area contributed by atoms with Gasteiger partial charge in [-0.1, -0.05) is 42.5 Å². The summed E-state index contributed by atoms with van der Waals surface area (Å²) in [6.45, 7) is 3.74. The summed E-state index contributed by atoms with van der Waals surface area (Å²) in [5.74, 6) is 0.260. The molecule has 0 saturated heterocycles. The largest absolute Gasteiger partial charge is 0.494 e. The van der Waals surface area contributed by atoms with E-state index in [2.05, 4.69) is 5.32 Å². The van der Waals surface area contributed by atoms with Crippen molar-refractivity contribution in [1.29, 1.82) is 0 Å². The lowest BCUT2D eigenvalue weighted by Gasteiger charge is -2.16. The molecule has 6 nitrogen and oxygen atoms in total. The van der Waals surface area contributed by atoms with Crippen LogP contribution in [0.2, 0.25) is 0 Å². The van der Waals surface area contributed by atoms with Gasteiger partial charge >= 0.3 is 5.97 Å². The lowest BCUT2D eigenvalue weighted by molar-refractivity contribution is -0.150. The van der Waals surface area contributed by atoms with Crippen molar-refractivity contribution >= 4 is 22.6 Å². The second-order valence-corrected chi connectivity index (χ2v) is 6.71. The molecular weight excluding hydrogens is 382 g/mol. The lowest BCUT2D eigenvalue weighted by atomic mass is 10.00. The third-order valence-corrected chi connectivity index (χ3v) is 4.52. The minimum atomic E-state index is -0.614. The summed E-state index contributed by atoms with van der Waals surface area (Å²) in [6, 6.07) is 20.7. The highest BCUT2D eigenvalue weighted by Crippen LogP contribution is 2.24. The second-order valence-electron chi connectivity index (χ2n) is 6.71.